The molecule has 0 aromatic carbocycles. The van der Waals surface area contributed by atoms with Gasteiger partial charge in [-0.1, -0.05) is 26.2 Å². The van der Waals surface area contributed by atoms with Crippen LogP contribution in [-0.2, 0) is 23.9 Å². The standard InChI is InChI=1S/C25H36N4O7S/c1-6-10-35-24(33)21-22(13(3)20-19(14(4)30)23(32)29(20)21)37-17-11-16(27-12-17)8-9-26-25(34)36-18(7-2)28-15(5)31/h6-7,13-14,16-20,27,30H,1-2,8-12H2,3-5H3,(H,26,34)(H,28,31)/t13-,14-,16+,17+,18?,19-,20-/m1/s1. The number of fused-ring (bicyclic) bond motifs is 1. The van der Waals surface area contributed by atoms with Crippen LogP contribution in [-0.4, -0.2) is 83.2 Å². The number of aliphatic hydroxyl groups is 1. The molecule has 0 aliphatic carbocycles. The van der Waals surface area contributed by atoms with Crippen LogP contribution < -0.4 is 16.0 Å². The van der Waals surface area contributed by atoms with Crippen LogP contribution in [0.25, 0.3) is 0 Å². The first kappa shape index (κ1) is 28.7. The first-order valence-electron chi connectivity index (χ1n) is 12.4. The molecule has 0 spiro atoms. The minimum absolute atomic E-state index is 0.0437. The molecule has 3 aliphatic rings. The molecule has 7 atom stereocenters. The summed E-state index contributed by atoms with van der Waals surface area (Å²) in [6, 6.07) is -0.126. The normalized spacial score (nSPS) is 28.1. The molecule has 0 aromatic rings. The van der Waals surface area contributed by atoms with E-state index in [1.54, 1.807) is 18.7 Å². The monoisotopic (exact) mass is 536 g/mol. The van der Waals surface area contributed by atoms with Crippen LogP contribution in [0.5, 0.6) is 0 Å². The number of rotatable bonds is 12. The summed E-state index contributed by atoms with van der Waals surface area (Å²) in [6.45, 7) is 13.1. The number of ether oxygens (including phenoxy) is 2. The van der Waals surface area contributed by atoms with E-state index in [0.717, 1.165) is 11.3 Å². The van der Waals surface area contributed by atoms with Crippen molar-refractivity contribution in [3.05, 3.63) is 35.9 Å². The van der Waals surface area contributed by atoms with E-state index in [-0.39, 0.29) is 47.4 Å². The van der Waals surface area contributed by atoms with Crippen LogP contribution in [0.4, 0.5) is 4.79 Å². The van der Waals surface area contributed by atoms with Crippen molar-refractivity contribution in [3.8, 4) is 0 Å². The van der Waals surface area contributed by atoms with Crippen LogP contribution in [0.3, 0.4) is 0 Å². The van der Waals surface area contributed by atoms with Gasteiger partial charge < -0.3 is 35.4 Å². The lowest BCUT2D eigenvalue weighted by Crippen LogP contribution is -2.63. The van der Waals surface area contributed by atoms with E-state index in [1.807, 2.05) is 6.92 Å². The Morgan fingerprint density at radius 2 is 2.08 bits per heavy atom. The second kappa shape index (κ2) is 12.6. The maximum absolute atomic E-state index is 12.9. The number of carbonyl (C=O) groups is 4. The Morgan fingerprint density at radius 1 is 1.35 bits per heavy atom. The summed E-state index contributed by atoms with van der Waals surface area (Å²) in [6.07, 6.45) is 1.89. The first-order valence-corrected chi connectivity index (χ1v) is 13.2. The molecule has 204 valence electrons. The number of nitrogens with zero attached hydrogens (tertiary/aromatic N) is 1. The molecule has 37 heavy (non-hydrogen) atoms. The Bertz CT molecular complexity index is 969. The minimum Gasteiger partial charge on any atom is -0.457 e. The van der Waals surface area contributed by atoms with Gasteiger partial charge in [-0.2, -0.15) is 0 Å². The molecular weight excluding hydrogens is 500 g/mol. The number of hydrogen-bond donors (Lipinski definition) is 4. The molecule has 3 aliphatic heterocycles. The average Bonchev–Trinajstić information content (AvgIpc) is 3.37. The van der Waals surface area contributed by atoms with Crippen molar-refractivity contribution >= 4 is 35.6 Å². The summed E-state index contributed by atoms with van der Waals surface area (Å²) in [4.78, 5) is 51.0. The fourth-order valence-corrected chi connectivity index (χ4v) is 6.50. The van der Waals surface area contributed by atoms with E-state index < -0.39 is 30.3 Å². The molecule has 12 heteroatoms. The van der Waals surface area contributed by atoms with E-state index in [4.69, 9.17) is 9.47 Å². The number of hydrogen-bond acceptors (Lipinski definition) is 9. The Labute approximate surface area is 221 Å². The fourth-order valence-electron chi connectivity index (χ4n) is 4.99. The molecule has 3 amide bonds. The Hall–Kier alpha value is -2.83. The second-order valence-electron chi connectivity index (χ2n) is 9.41. The van der Waals surface area contributed by atoms with E-state index in [9.17, 15) is 24.3 Å². The van der Waals surface area contributed by atoms with Crippen molar-refractivity contribution in [3.63, 3.8) is 0 Å². The Balaban J connectivity index is 1.56. The predicted octanol–water partition coefficient (Wildman–Crippen LogP) is 1.01. The van der Waals surface area contributed by atoms with Crippen LogP contribution in [0.15, 0.2) is 35.9 Å². The predicted molar refractivity (Wildman–Crippen MR) is 138 cm³/mol. The number of alkyl carbamates (subject to hydrolysis) is 1. The summed E-state index contributed by atoms with van der Waals surface area (Å²) in [5.74, 6) is -1.80. The summed E-state index contributed by atoms with van der Waals surface area (Å²) in [7, 11) is 0. The lowest BCUT2D eigenvalue weighted by atomic mass is 9.79. The third-order valence-corrected chi connectivity index (χ3v) is 8.18. The molecule has 2 fully saturated rings. The summed E-state index contributed by atoms with van der Waals surface area (Å²) in [5, 5.41) is 18.8. The van der Waals surface area contributed by atoms with Crippen molar-refractivity contribution < 1.29 is 33.8 Å². The van der Waals surface area contributed by atoms with Gasteiger partial charge in [0.1, 0.15) is 12.3 Å². The fraction of sp³-hybridized carbons (Fsp3) is 0.600. The zero-order chi connectivity index (χ0) is 27.3. The van der Waals surface area contributed by atoms with Crippen molar-refractivity contribution in [2.75, 3.05) is 19.7 Å². The average molecular weight is 537 g/mol. The van der Waals surface area contributed by atoms with Gasteiger partial charge in [-0.05, 0) is 25.8 Å². The third kappa shape index (κ3) is 6.55. The number of carbonyl (C=O) groups excluding carboxylic acids is 4. The highest BCUT2D eigenvalue weighted by Gasteiger charge is 2.60. The Morgan fingerprint density at radius 3 is 2.70 bits per heavy atom. The molecule has 0 bridgehead atoms. The zero-order valence-corrected chi connectivity index (χ0v) is 22.2. The van der Waals surface area contributed by atoms with Crippen LogP contribution in [0.1, 0.15) is 33.6 Å². The van der Waals surface area contributed by atoms with Gasteiger partial charge in [0.2, 0.25) is 11.8 Å². The van der Waals surface area contributed by atoms with E-state index in [1.165, 1.54) is 24.0 Å². The highest BCUT2D eigenvalue weighted by atomic mass is 32.2. The first-order chi connectivity index (χ1) is 17.6. The van der Waals surface area contributed by atoms with Crippen molar-refractivity contribution in [2.24, 2.45) is 11.8 Å². The number of amides is 3. The molecule has 1 unspecified atom stereocenters. The maximum Gasteiger partial charge on any atom is 0.409 e. The smallest absolute Gasteiger partial charge is 0.409 e. The number of nitrogens with one attached hydrogen (secondary N) is 3. The van der Waals surface area contributed by atoms with E-state index in [2.05, 4.69) is 29.1 Å². The van der Waals surface area contributed by atoms with Gasteiger partial charge in [0.05, 0.1) is 18.1 Å². The zero-order valence-electron chi connectivity index (χ0n) is 21.4. The molecule has 11 nitrogen and oxygen atoms in total. The van der Waals surface area contributed by atoms with Crippen molar-refractivity contribution in [1.29, 1.82) is 0 Å². The highest BCUT2D eigenvalue weighted by Crippen LogP contribution is 2.52. The molecule has 0 radical (unpaired) electrons. The highest BCUT2D eigenvalue weighted by molar-refractivity contribution is 8.03. The SMILES string of the molecule is C=CCOC(=O)C1=C(S[C@@H]2CN[C@@H](CCNC(=O)OC(C=C)NC(C)=O)C2)[C@H](C)[C@@H]2[C@@H]([C@@H](C)O)C(=O)N12. The molecular formula is C25H36N4O7S. The van der Waals surface area contributed by atoms with Crippen LogP contribution in [0.2, 0.25) is 0 Å². The second-order valence-corrected chi connectivity index (χ2v) is 10.8. The summed E-state index contributed by atoms with van der Waals surface area (Å²) >= 11 is 1.57. The van der Waals surface area contributed by atoms with Crippen molar-refractivity contribution in [1.82, 2.24) is 20.9 Å². The third-order valence-electron chi connectivity index (χ3n) is 6.67. The lowest BCUT2D eigenvalue weighted by Gasteiger charge is -2.46. The molecule has 3 rings (SSSR count). The number of esters is 1. The molecule has 4 N–H and O–H groups in total. The quantitative estimate of drug-likeness (QED) is 0.124. The van der Waals surface area contributed by atoms with Crippen LogP contribution in [0, 0.1) is 11.8 Å². The summed E-state index contributed by atoms with van der Waals surface area (Å²) in [5.41, 5.74) is 0.273. The molecule has 2 saturated heterocycles. The summed E-state index contributed by atoms with van der Waals surface area (Å²) < 4.78 is 10.4. The molecule has 0 saturated carbocycles. The van der Waals surface area contributed by atoms with Gasteiger partial charge in [-0.3, -0.25) is 9.59 Å². The van der Waals surface area contributed by atoms with E-state index >= 15 is 0 Å². The topological polar surface area (TPSA) is 146 Å². The van der Waals surface area contributed by atoms with Gasteiger partial charge in [-0.25, -0.2) is 9.59 Å². The number of thioether (sulfide) groups is 1. The van der Waals surface area contributed by atoms with Gasteiger partial charge in [-0.15, -0.1) is 11.8 Å². The largest absolute Gasteiger partial charge is 0.457 e. The van der Waals surface area contributed by atoms with Gasteiger partial charge >= 0.3 is 12.1 Å². The maximum atomic E-state index is 12.9. The van der Waals surface area contributed by atoms with Crippen molar-refractivity contribution in [2.45, 2.75) is 63.3 Å². The van der Waals surface area contributed by atoms with Gasteiger partial charge in [0.15, 0.2) is 6.23 Å². The number of aliphatic hydroxyl groups excluding tert-OH is 1. The number of β-lactam (4-membered cyclic amide) rings is 1. The Kier molecular flexibility index (Phi) is 9.80. The lowest BCUT2D eigenvalue weighted by molar-refractivity contribution is -0.164. The minimum atomic E-state index is -0.900. The van der Waals surface area contributed by atoms with E-state index in [0.29, 0.717) is 19.5 Å². The van der Waals surface area contributed by atoms with Gasteiger partial charge in [0, 0.05) is 42.1 Å². The molecule has 0 aromatic heterocycles. The van der Waals surface area contributed by atoms with Gasteiger partial charge in [0.25, 0.3) is 0 Å². The van der Waals surface area contributed by atoms with Crippen LogP contribution >= 0.6 is 11.8 Å². The molecule has 3 heterocycles.